The van der Waals surface area contributed by atoms with E-state index in [1.54, 1.807) is 12.1 Å². The monoisotopic (exact) mass is 224 g/mol. The Labute approximate surface area is 88.6 Å². The summed E-state index contributed by atoms with van der Waals surface area (Å²) in [6.45, 7) is 0. The third-order valence-electron chi connectivity index (χ3n) is 1.92. The van der Waals surface area contributed by atoms with Crippen LogP contribution in [0.2, 0.25) is 5.02 Å². The zero-order valence-corrected chi connectivity index (χ0v) is 8.10. The fraction of sp³-hybridized carbons (Fsp3) is 0. The number of pyridine rings is 1. The van der Waals surface area contributed by atoms with Gasteiger partial charge in [-0.15, -0.1) is 0 Å². The molecule has 6 heteroatoms. The molecule has 76 valence electrons. The van der Waals surface area contributed by atoms with Gasteiger partial charge in [0.1, 0.15) is 5.56 Å². The summed E-state index contributed by atoms with van der Waals surface area (Å²) in [5.74, 6) is -1.30. The van der Waals surface area contributed by atoms with Crippen molar-refractivity contribution in [3.63, 3.8) is 0 Å². The van der Waals surface area contributed by atoms with Crippen LogP contribution in [0.3, 0.4) is 0 Å². The van der Waals surface area contributed by atoms with Crippen LogP contribution in [0.15, 0.2) is 29.3 Å². The van der Waals surface area contributed by atoms with Crippen molar-refractivity contribution in [1.82, 2.24) is 9.38 Å². The standard InChI is InChI=1S/C9H5ClN2O3/c10-6-2-1-3-12-7(6)11-4-5(8(12)13)9(14)15/h1-4H,(H,14,15). The maximum atomic E-state index is 11.6. The van der Waals surface area contributed by atoms with Crippen LogP contribution in [0.5, 0.6) is 0 Å². The number of hydrogen-bond donors (Lipinski definition) is 1. The summed E-state index contributed by atoms with van der Waals surface area (Å²) in [6.07, 6.45) is 2.43. The third-order valence-corrected chi connectivity index (χ3v) is 2.21. The Bertz CT molecular complexity index is 606. The summed E-state index contributed by atoms with van der Waals surface area (Å²) in [4.78, 5) is 26.1. The summed E-state index contributed by atoms with van der Waals surface area (Å²) in [5.41, 5.74) is -0.779. The van der Waals surface area contributed by atoms with Gasteiger partial charge < -0.3 is 5.11 Å². The van der Waals surface area contributed by atoms with E-state index in [1.807, 2.05) is 0 Å². The van der Waals surface area contributed by atoms with Crippen molar-refractivity contribution < 1.29 is 9.90 Å². The molecule has 0 aliphatic heterocycles. The highest BCUT2D eigenvalue weighted by Crippen LogP contribution is 2.12. The Balaban J connectivity index is 2.92. The molecule has 0 bridgehead atoms. The van der Waals surface area contributed by atoms with Gasteiger partial charge in [-0.2, -0.15) is 0 Å². The van der Waals surface area contributed by atoms with Gasteiger partial charge in [0.05, 0.1) is 5.02 Å². The number of rotatable bonds is 1. The van der Waals surface area contributed by atoms with Crippen molar-refractivity contribution in [3.05, 3.63) is 45.5 Å². The van der Waals surface area contributed by atoms with Crippen molar-refractivity contribution in [2.45, 2.75) is 0 Å². The first kappa shape index (κ1) is 9.67. The molecule has 0 unspecified atom stereocenters. The quantitative estimate of drug-likeness (QED) is 0.786. The zero-order valence-electron chi connectivity index (χ0n) is 7.35. The number of carboxylic acid groups (broad SMARTS) is 1. The van der Waals surface area contributed by atoms with Crippen molar-refractivity contribution in [2.75, 3.05) is 0 Å². The second-order valence-electron chi connectivity index (χ2n) is 2.83. The lowest BCUT2D eigenvalue weighted by atomic mass is 10.3. The van der Waals surface area contributed by atoms with Crippen molar-refractivity contribution in [2.24, 2.45) is 0 Å². The molecular formula is C9H5ClN2O3. The number of aromatic carboxylic acids is 1. The lowest BCUT2D eigenvalue weighted by Gasteiger charge is -2.01. The summed E-state index contributed by atoms with van der Waals surface area (Å²) >= 11 is 5.79. The SMILES string of the molecule is O=C(O)c1cnc2c(Cl)cccn2c1=O. The highest BCUT2D eigenvalue weighted by Gasteiger charge is 2.12. The molecule has 2 rings (SSSR count). The van der Waals surface area contributed by atoms with E-state index >= 15 is 0 Å². The number of carbonyl (C=O) groups is 1. The molecule has 1 N–H and O–H groups in total. The van der Waals surface area contributed by atoms with Gasteiger partial charge in [0, 0.05) is 12.4 Å². The Kier molecular flexibility index (Phi) is 2.17. The Hall–Kier alpha value is -1.88. The predicted octanol–water partition coefficient (Wildman–Crippen LogP) is 1.05. The molecule has 0 atom stereocenters. The van der Waals surface area contributed by atoms with Gasteiger partial charge in [0.15, 0.2) is 5.65 Å². The van der Waals surface area contributed by atoms with Crippen LogP contribution in [0.1, 0.15) is 10.4 Å². The van der Waals surface area contributed by atoms with Crippen molar-refractivity contribution in [3.8, 4) is 0 Å². The maximum absolute atomic E-state index is 11.6. The van der Waals surface area contributed by atoms with Crippen LogP contribution in [0.25, 0.3) is 5.65 Å². The Morgan fingerprint density at radius 3 is 2.93 bits per heavy atom. The molecule has 2 heterocycles. The first-order valence-corrected chi connectivity index (χ1v) is 4.38. The van der Waals surface area contributed by atoms with Crippen LogP contribution < -0.4 is 5.56 Å². The molecule has 0 fully saturated rings. The molecule has 5 nitrogen and oxygen atoms in total. The summed E-state index contributed by atoms with van der Waals surface area (Å²) < 4.78 is 1.10. The number of hydrogen-bond acceptors (Lipinski definition) is 3. The van der Waals surface area contributed by atoms with Crippen LogP contribution in [-0.2, 0) is 0 Å². The maximum Gasteiger partial charge on any atom is 0.342 e. The number of nitrogens with zero attached hydrogens (tertiary/aromatic N) is 2. The lowest BCUT2D eigenvalue weighted by molar-refractivity contribution is 0.0694. The molecule has 0 spiro atoms. The molecule has 0 amide bonds. The van der Waals surface area contributed by atoms with E-state index < -0.39 is 11.5 Å². The Morgan fingerprint density at radius 2 is 2.27 bits per heavy atom. The summed E-state index contributed by atoms with van der Waals surface area (Å²) in [7, 11) is 0. The van der Waals surface area contributed by atoms with Gasteiger partial charge in [-0.05, 0) is 12.1 Å². The second-order valence-corrected chi connectivity index (χ2v) is 3.24. The van der Waals surface area contributed by atoms with Crippen molar-refractivity contribution in [1.29, 1.82) is 0 Å². The van der Waals surface area contributed by atoms with E-state index in [-0.39, 0.29) is 11.2 Å². The number of halogens is 1. The summed E-state index contributed by atoms with van der Waals surface area (Å²) in [6, 6.07) is 3.12. The van der Waals surface area contributed by atoms with E-state index in [4.69, 9.17) is 16.7 Å². The van der Waals surface area contributed by atoms with E-state index in [2.05, 4.69) is 4.98 Å². The molecule has 15 heavy (non-hydrogen) atoms. The summed E-state index contributed by atoms with van der Waals surface area (Å²) in [5, 5.41) is 9.01. The molecule has 0 saturated carbocycles. The zero-order chi connectivity index (χ0) is 11.0. The van der Waals surface area contributed by atoms with Gasteiger partial charge in [-0.1, -0.05) is 11.6 Å². The fourth-order valence-electron chi connectivity index (χ4n) is 1.22. The number of aromatic nitrogens is 2. The van der Waals surface area contributed by atoms with E-state index in [0.717, 1.165) is 10.6 Å². The van der Waals surface area contributed by atoms with E-state index in [9.17, 15) is 9.59 Å². The van der Waals surface area contributed by atoms with Gasteiger partial charge in [0.2, 0.25) is 0 Å². The highest BCUT2D eigenvalue weighted by molar-refractivity contribution is 6.33. The predicted molar refractivity (Wildman–Crippen MR) is 53.4 cm³/mol. The van der Waals surface area contributed by atoms with Crippen LogP contribution in [0.4, 0.5) is 0 Å². The first-order chi connectivity index (χ1) is 7.11. The molecule has 0 radical (unpaired) electrons. The van der Waals surface area contributed by atoms with Crippen LogP contribution in [-0.4, -0.2) is 20.5 Å². The van der Waals surface area contributed by atoms with Gasteiger partial charge >= 0.3 is 5.97 Å². The minimum absolute atomic E-state index is 0.245. The number of fused-ring (bicyclic) bond motifs is 1. The second kappa shape index (κ2) is 3.36. The Morgan fingerprint density at radius 1 is 1.53 bits per heavy atom. The van der Waals surface area contributed by atoms with Gasteiger partial charge in [0.25, 0.3) is 5.56 Å². The molecule has 0 saturated heterocycles. The average molecular weight is 225 g/mol. The molecule has 2 aromatic rings. The smallest absolute Gasteiger partial charge is 0.342 e. The van der Waals surface area contributed by atoms with Crippen LogP contribution in [0, 0.1) is 0 Å². The topological polar surface area (TPSA) is 71.7 Å². The van der Waals surface area contributed by atoms with E-state index in [1.165, 1.54) is 6.20 Å². The van der Waals surface area contributed by atoms with Gasteiger partial charge in [-0.3, -0.25) is 9.20 Å². The molecular weight excluding hydrogens is 220 g/mol. The first-order valence-electron chi connectivity index (χ1n) is 4.00. The van der Waals surface area contributed by atoms with Crippen LogP contribution >= 0.6 is 11.6 Å². The molecule has 2 aromatic heterocycles. The normalized spacial score (nSPS) is 10.5. The minimum atomic E-state index is -1.30. The molecule has 0 aromatic carbocycles. The highest BCUT2D eigenvalue weighted by atomic mass is 35.5. The largest absolute Gasteiger partial charge is 0.477 e. The average Bonchev–Trinajstić information content (AvgIpc) is 2.19. The van der Waals surface area contributed by atoms with Crippen molar-refractivity contribution >= 4 is 23.2 Å². The molecule has 0 aliphatic carbocycles. The molecule has 0 aliphatic rings. The van der Waals surface area contributed by atoms with Gasteiger partial charge in [-0.25, -0.2) is 9.78 Å². The lowest BCUT2D eigenvalue weighted by Crippen LogP contribution is -2.22. The third kappa shape index (κ3) is 1.46. The fourth-order valence-corrected chi connectivity index (χ4v) is 1.43. The number of carboxylic acids is 1. The minimum Gasteiger partial charge on any atom is -0.477 e. The van der Waals surface area contributed by atoms with E-state index in [0.29, 0.717) is 5.02 Å².